The highest BCUT2D eigenvalue weighted by Crippen LogP contribution is 2.30. The van der Waals surface area contributed by atoms with Crippen LogP contribution < -0.4 is 4.90 Å². The minimum atomic E-state index is -0.415. The van der Waals surface area contributed by atoms with Crippen LogP contribution in [0.4, 0.5) is 5.69 Å². The number of anilines is 1. The largest absolute Gasteiger partial charge is 0.465 e. The monoisotopic (exact) mass is 340 g/mol. The second-order valence-electron chi connectivity index (χ2n) is 6.58. The van der Waals surface area contributed by atoms with Gasteiger partial charge in [0.15, 0.2) is 0 Å². The number of methoxy groups -OCH3 is 1. The van der Waals surface area contributed by atoms with E-state index >= 15 is 0 Å². The van der Waals surface area contributed by atoms with Crippen LogP contribution in [0.5, 0.6) is 0 Å². The Morgan fingerprint density at radius 2 is 1.96 bits per heavy atom. The lowest BCUT2D eigenvalue weighted by atomic mass is 9.97. The quantitative estimate of drug-likeness (QED) is 0.684. The summed E-state index contributed by atoms with van der Waals surface area (Å²) in [6.07, 6.45) is 2.07. The molecule has 0 saturated heterocycles. The van der Waals surface area contributed by atoms with E-state index in [1.54, 1.807) is 13.8 Å². The molecule has 1 aromatic carbocycles. The minimum Gasteiger partial charge on any atom is -0.465 e. The molecule has 3 rings (SSSR count). The molecule has 1 atom stereocenters. The number of nitrogens with one attached hydrogen (secondary N) is 1. The molecular weight excluding hydrogens is 316 g/mol. The number of para-hydroxylation sites is 1. The second kappa shape index (κ2) is 6.75. The van der Waals surface area contributed by atoms with Gasteiger partial charge in [-0.15, -0.1) is 0 Å². The Morgan fingerprint density at radius 3 is 2.68 bits per heavy atom. The van der Waals surface area contributed by atoms with Gasteiger partial charge < -0.3 is 14.6 Å². The van der Waals surface area contributed by atoms with Crippen LogP contribution >= 0.6 is 0 Å². The third kappa shape index (κ3) is 2.95. The van der Waals surface area contributed by atoms with Crippen molar-refractivity contribution in [2.24, 2.45) is 0 Å². The van der Waals surface area contributed by atoms with Crippen LogP contribution in [0.3, 0.4) is 0 Å². The van der Waals surface area contributed by atoms with Gasteiger partial charge in [-0.2, -0.15) is 0 Å². The number of nitrogens with zero attached hydrogens (tertiary/aromatic N) is 1. The number of hydrogen-bond acceptors (Lipinski definition) is 4. The lowest BCUT2D eigenvalue weighted by molar-refractivity contribution is 0.0599. The minimum absolute atomic E-state index is 0.00699. The van der Waals surface area contributed by atoms with E-state index in [4.69, 9.17) is 4.74 Å². The Hall–Kier alpha value is -2.56. The molecule has 2 heterocycles. The predicted octanol–water partition coefficient (Wildman–Crippen LogP) is 3.44. The number of ketones is 1. The van der Waals surface area contributed by atoms with E-state index in [9.17, 15) is 9.59 Å². The fraction of sp³-hybridized carbons (Fsp3) is 0.400. The van der Waals surface area contributed by atoms with Crippen LogP contribution in [-0.4, -0.2) is 36.4 Å². The summed E-state index contributed by atoms with van der Waals surface area (Å²) in [5.74, 6) is -0.422. The summed E-state index contributed by atoms with van der Waals surface area (Å²) in [6, 6.07) is 7.94. The van der Waals surface area contributed by atoms with Crippen molar-refractivity contribution in [3.63, 3.8) is 0 Å². The molecule has 0 fully saturated rings. The van der Waals surface area contributed by atoms with Crippen molar-refractivity contribution in [1.82, 2.24) is 4.98 Å². The first-order valence-corrected chi connectivity index (χ1v) is 8.62. The van der Waals surface area contributed by atoms with E-state index in [2.05, 4.69) is 22.0 Å². The standard InChI is InChI=1S/C20H24N2O3/c1-12-17(20(24)25-4)13(2)21-18(12)19(23)14(3)22-11-7-9-15-8-5-6-10-16(15)22/h5-6,8,10,14,21H,7,9,11H2,1-4H3/t14-/m0/s1. The molecule has 1 aliphatic rings. The number of carbonyl (C=O) groups excluding carboxylic acids is 2. The van der Waals surface area contributed by atoms with Crippen molar-refractivity contribution >= 4 is 17.4 Å². The summed E-state index contributed by atoms with van der Waals surface area (Å²) in [4.78, 5) is 30.3. The SMILES string of the molecule is COC(=O)c1c(C)[nH]c(C(=O)[C@H](C)N2CCCc3ccccc32)c1C. The number of Topliss-reactive ketones (excluding diaryl/α,β-unsaturated/α-hetero) is 1. The van der Waals surface area contributed by atoms with Crippen LogP contribution in [0.25, 0.3) is 0 Å². The maximum Gasteiger partial charge on any atom is 0.339 e. The zero-order valence-corrected chi connectivity index (χ0v) is 15.2. The number of aromatic amines is 1. The zero-order chi connectivity index (χ0) is 18.1. The Morgan fingerprint density at radius 1 is 1.24 bits per heavy atom. The first kappa shape index (κ1) is 17.3. The number of esters is 1. The van der Waals surface area contributed by atoms with Gasteiger partial charge in [-0.1, -0.05) is 18.2 Å². The van der Waals surface area contributed by atoms with Crippen molar-refractivity contribution in [2.45, 2.75) is 39.7 Å². The van der Waals surface area contributed by atoms with Crippen LogP contribution in [0.15, 0.2) is 24.3 Å². The molecule has 0 aliphatic carbocycles. The number of hydrogen-bond donors (Lipinski definition) is 1. The highest BCUT2D eigenvalue weighted by molar-refractivity contribution is 6.05. The molecule has 0 amide bonds. The van der Waals surface area contributed by atoms with Gasteiger partial charge in [0.1, 0.15) is 0 Å². The third-order valence-corrected chi connectivity index (χ3v) is 5.07. The first-order valence-electron chi connectivity index (χ1n) is 8.62. The van der Waals surface area contributed by atoms with Crippen LogP contribution in [0.2, 0.25) is 0 Å². The van der Waals surface area contributed by atoms with Gasteiger partial charge in [0.05, 0.1) is 24.4 Å². The predicted molar refractivity (Wildman–Crippen MR) is 97.5 cm³/mol. The smallest absolute Gasteiger partial charge is 0.339 e. The van der Waals surface area contributed by atoms with Gasteiger partial charge in [0, 0.05) is 17.9 Å². The molecule has 1 aliphatic heterocycles. The zero-order valence-electron chi connectivity index (χ0n) is 15.2. The summed E-state index contributed by atoms with van der Waals surface area (Å²) in [5, 5.41) is 0. The van der Waals surface area contributed by atoms with Gasteiger partial charge in [-0.05, 0) is 50.8 Å². The second-order valence-corrected chi connectivity index (χ2v) is 6.58. The number of fused-ring (bicyclic) bond motifs is 1. The molecule has 0 unspecified atom stereocenters. The third-order valence-electron chi connectivity index (χ3n) is 5.07. The van der Waals surface area contributed by atoms with Crippen molar-refractivity contribution in [3.8, 4) is 0 Å². The number of carbonyl (C=O) groups is 2. The number of aromatic nitrogens is 1. The molecule has 1 N–H and O–H groups in total. The molecule has 0 bridgehead atoms. The van der Waals surface area contributed by atoms with Crippen LogP contribution in [-0.2, 0) is 11.2 Å². The van der Waals surface area contributed by atoms with E-state index in [1.165, 1.54) is 12.7 Å². The maximum atomic E-state index is 13.1. The number of H-pyrrole nitrogens is 1. The van der Waals surface area contributed by atoms with Crippen LogP contribution in [0.1, 0.15) is 51.0 Å². The average Bonchev–Trinajstić information content (AvgIpc) is 2.93. The van der Waals surface area contributed by atoms with E-state index in [0.717, 1.165) is 25.1 Å². The van der Waals surface area contributed by atoms with E-state index < -0.39 is 5.97 Å². The maximum absolute atomic E-state index is 13.1. The molecule has 132 valence electrons. The summed E-state index contributed by atoms with van der Waals surface area (Å²) in [6.45, 7) is 6.36. The number of rotatable bonds is 4. The van der Waals surface area contributed by atoms with Crippen molar-refractivity contribution < 1.29 is 14.3 Å². The molecule has 5 nitrogen and oxygen atoms in total. The highest BCUT2D eigenvalue weighted by Gasteiger charge is 2.30. The lowest BCUT2D eigenvalue weighted by Gasteiger charge is -2.35. The molecule has 0 spiro atoms. The first-order chi connectivity index (χ1) is 12.0. The van der Waals surface area contributed by atoms with Gasteiger partial charge in [0.25, 0.3) is 0 Å². The number of ether oxygens (including phenoxy) is 1. The van der Waals surface area contributed by atoms with E-state index in [0.29, 0.717) is 22.5 Å². The van der Waals surface area contributed by atoms with E-state index in [1.807, 2.05) is 19.1 Å². The van der Waals surface area contributed by atoms with Crippen molar-refractivity contribution in [1.29, 1.82) is 0 Å². The van der Waals surface area contributed by atoms with Gasteiger partial charge in [-0.25, -0.2) is 4.79 Å². The van der Waals surface area contributed by atoms with Gasteiger partial charge >= 0.3 is 5.97 Å². The van der Waals surface area contributed by atoms with Crippen molar-refractivity contribution in [3.05, 3.63) is 52.3 Å². The number of benzene rings is 1. The Kier molecular flexibility index (Phi) is 4.66. The summed E-state index contributed by atoms with van der Waals surface area (Å²) in [7, 11) is 1.35. The fourth-order valence-corrected chi connectivity index (χ4v) is 3.72. The van der Waals surface area contributed by atoms with Gasteiger partial charge in [0.2, 0.25) is 5.78 Å². The molecule has 5 heteroatoms. The summed E-state index contributed by atoms with van der Waals surface area (Å²) < 4.78 is 4.83. The lowest BCUT2D eigenvalue weighted by Crippen LogP contribution is -2.42. The normalized spacial score (nSPS) is 14.8. The average molecular weight is 340 g/mol. The summed E-state index contributed by atoms with van der Waals surface area (Å²) in [5.41, 5.74) is 4.68. The fourth-order valence-electron chi connectivity index (χ4n) is 3.72. The topological polar surface area (TPSA) is 62.4 Å². The molecule has 2 aromatic rings. The van der Waals surface area contributed by atoms with E-state index in [-0.39, 0.29) is 11.8 Å². The Labute approximate surface area is 148 Å². The van der Waals surface area contributed by atoms with Gasteiger partial charge in [-0.3, -0.25) is 4.79 Å². The molecule has 0 radical (unpaired) electrons. The molecular formula is C20H24N2O3. The highest BCUT2D eigenvalue weighted by atomic mass is 16.5. The molecule has 0 saturated carbocycles. The Bertz CT molecular complexity index is 822. The summed E-state index contributed by atoms with van der Waals surface area (Å²) >= 11 is 0. The number of aryl methyl sites for hydroxylation is 2. The molecule has 1 aromatic heterocycles. The molecule has 25 heavy (non-hydrogen) atoms. The van der Waals surface area contributed by atoms with Crippen LogP contribution in [0, 0.1) is 13.8 Å². The Balaban J connectivity index is 1.93. The van der Waals surface area contributed by atoms with Crippen molar-refractivity contribution in [2.75, 3.05) is 18.6 Å².